The Labute approximate surface area is 116 Å². The summed E-state index contributed by atoms with van der Waals surface area (Å²) in [6.45, 7) is 0. The summed E-state index contributed by atoms with van der Waals surface area (Å²) >= 11 is 0. The summed E-state index contributed by atoms with van der Waals surface area (Å²) in [7, 11) is 0. The van der Waals surface area contributed by atoms with Gasteiger partial charge >= 0.3 is 0 Å². The van der Waals surface area contributed by atoms with Gasteiger partial charge in [0.25, 0.3) is 0 Å². The van der Waals surface area contributed by atoms with Crippen molar-refractivity contribution < 1.29 is 9.52 Å². The number of benzene rings is 2. The zero-order valence-corrected chi connectivity index (χ0v) is 10.9. The second-order valence-corrected chi connectivity index (χ2v) is 4.75. The van der Waals surface area contributed by atoms with Crippen LogP contribution in [0.1, 0.15) is 11.1 Å². The molecule has 0 unspecified atom stereocenters. The van der Waals surface area contributed by atoms with E-state index >= 15 is 0 Å². The lowest BCUT2D eigenvalue weighted by Gasteiger charge is -2.06. The van der Waals surface area contributed by atoms with Gasteiger partial charge in [-0.3, -0.25) is 4.79 Å². The minimum Gasteiger partial charge on any atom is -0.508 e. The molecule has 1 N–H and O–H groups in total. The van der Waals surface area contributed by atoms with E-state index in [-0.39, 0.29) is 11.2 Å². The Bertz CT molecular complexity index is 788. The average molecular weight is 266 g/mol. The maximum atomic E-state index is 12.0. The first-order valence-corrected chi connectivity index (χ1v) is 6.51. The van der Waals surface area contributed by atoms with Gasteiger partial charge in [0.2, 0.25) is 0 Å². The van der Waals surface area contributed by atoms with Crippen molar-refractivity contribution in [1.29, 1.82) is 0 Å². The van der Waals surface area contributed by atoms with Gasteiger partial charge in [-0.15, -0.1) is 0 Å². The van der Waals surface area contributed by atoms with Crippen molar-refractivity contribution in [2.45, 2.75) is 12.8 Å². The Hall–Kier alpha value is -2.55. The number of hydrogen-bond acceptors (Lipinski definition) is 3. The van der Waals surface area contributed by atoms with Gasteiger partial charge in [-0.05, 0) is 30.0 Å². The number of fused-ring (bicyclic) bond motifs is 1. The highest BCUT2D eigenvalue weighted by molar-refractivity contribution is 5.81. The lowest BCUT2D eigenvalue weighted by molar-refractivity contribution is 0.473. The molecule has 0 saturated carbocycles. The SMILES string of the molecule is O=c1ccoc2cc(O)cc(CCc3ccccc3)c12. The molecule has 3 rings (SSSR count). The quantitative estimate of drug-likeness (QED) is 0.791. The lowest BCUT2D eigenvalue weighted by atomic mass is 10.0. The van der Waals surface area contributed by atoms with E-state index in [1.807, 2.05) is 30.3 Å². The van der Waals surface area contributed by atoms with Gasteiger partial charge in [0, 0.05) is 12.1 Å². The van der Waals surface area contributed by atoms with Gasteiger partial charge in [0.05, 0.1) is 11.6 Å². The molecule has 2 aromatic carbocycles. The van der Waals surface area contributed by atoms with E-state index in [0.29, 0.717) is 17.4 Å². The first kappa shape index (κ1) is 12.5. The maximum absolute atomic E-state index is 12.0. The zero-order valence-electron chi connectivity index (χ0n) is 10.9. The van der Waals surface area contributed by atoms with E-state index in [4.69, 9.17) is 4.42 Å². The van der Waals surface area contributed by atoms with Crippen LogP contribution in [0.5, 0.6) is 5.75 Å². The van der Waals surface area contributed by atoms with Crippen molar-refractivity contribution >= 4 is 11.0 Å². The molecule has 0 spiro atoms. The van der Waals surface area contributed by atoms with Crippen LogP contribution in [0.3, 0.4) is 0 Å². The normalized spacial score (nSPS) is 10.8. The largest absolute Gasteiger partial charge is 0.508 e. The fourth-order valence-electron chi connectivity index (χ4n) is 2.40. The molecule has 0 fully saturated rings. The highest BCUT2D eigenvalue weighted by Crippen LogP contribution is 2.23. The Morgan fingerprint density at radius 3 is 2.60 bits per heavy atom. The number of hydrogen-bond donors (Lipinski definition) is 1. The molecule has 1 aromatic heterocycles. The summed E-state index contributed by atoms with van der Waals surface area (Å²) in [5.41, 5.74) is 2.37. The second-order valence-electron chi connectivity index (χ2n) is 4.75. The highest BCUT2D eigenvalue weighted by atomic mass is 16.3. The Balaban J connectivity index is 2.01. The van der Waals surface area contributed by atoms with Crippen LogP contribution in [-0.2, 0) is 12.8 Å². The van der Waals surface area contributed by atoms with Crippen LogP contribution >= 0.6 is 0 Å². The van der Waals surface area contributed by atoms with Crippen molar-refractivity contribution in [3.63, 3.8) is 0 Å². The number of aromatic hydroxyl groups is 1. The Morgan fingerprint density at radius 1 is 1.00 bits per heavy atom. The average Bonchev–Trinajstić information content (AvgIpc) is 2.45. The molecule has 0 aliphatic carbocycles. The molecular formula is C17H14O3. The van der Waals surface area contributed by atoms with Crippen LogP contribution in [0, 0.1) is 0 Å². The summed E-state index contributed by atoms with van der Waals surface area (Å²) in [6.07, 6.45) is 2.85. The van der Waals surface area contributed by atoms with E-state index in [0.717, 1.165) is 12.0 Å². The van der Waals surface area contributed by atoms with Crippen molar-refractivity contribution in [3.8, 4) is 5.75 Å². The Kier molecular flexibility index (Phi) is 3.25. The second kappa shape index (κ2) is 5.21. The van der Waals surface area contributed by atoms with E-state index in [2.05, 4.69) is 0 Å². The molecule has 3 nitrogen and oxygen atoms in total. The minimum absolute atomic E-state index is 0.0747. The molecular weight excluding hydrogens is 252 g/mol. The fourth-order valence-corrected chi connectivity index (χ4v) is 2.40. The van der Waals surface area contributed by atoms with Gasteiger partial charge in [-0.2, -0.15) is 0 Å². The van der Waals surface area contributed by atoms with Crippen molar-refractivity contribution in [3.05, 3.63) is 76.1 Å². The van der Waals surface area contributed by atoms with Crippen LogP contribution in [0.25, 0.3) is 11.0 Å². The number of rotatable bonds is 3. The smallest absolute Gasteiger partial charge is 0.192 e. The van der Waals surface area contributed by atoms with E-state index in [1.165, 1.54) is 24.0 Å². The predicted octanol–water partition coefficient (Wildman–Crippen LogP) is 3.28. The van der Waals surface area contributed by atoms with Crippen molar-refractivity contribution in [2.24, 2.45) is 0 Å². The summed E-state index contributed by atoms with van der Waals surface area (Å²) in [6, 6.07) is 14.6. The van der Waals surface area contributed by atoms with E-state index < -0.39 is 0 Å². The lowest BCUT2D eigenvalue weighted by Crippen LogP contribution is -2.03. The molecule has 1 heterocycles. The summed E-state index contributed by atoms with van der Waals surface area (Å²) in [5, 5.41) is 10.3. The summed E-state index contributed by atoms with van der Waals surface area (Å²) in [5.74, 6) is 0.120. The minimum atomic E-state index is -0.0747. The topological polar surface area (TPSA) is 50.4 Å². The maximum Gasteiger partial charge on any atom is 0.192 e. The van der Waals surface area contributed by atoms with E-state index in [9.17, 15) is 9.90 Å². The molecule has 20 heavy (non-hydrogen) atoms. The molecule has 3 heteroatoms. The first-order valence-electron chi connectivity index (χ1n) is 6.51. The van der Waals surface area contributed by atoms with Crippen LogP contribution < -0.4 is 5.43 Å². The first-order chi connectivity index (χ1) is 9.74. The monoisotopic (exact) mass is 266 g/mol. The molecule has 0 atom stereocenters. The van der Waals surface area contributed by atoms with E-state index in [1.54, 1.807) is 6.07 Å². The standard InChI is InChI=1S/C17H14O3/c18-14-10-13(7-6-12-4-2-1-3-5-12)17-15(19)8-9-20-16(17)11-14/h1-5,8-11,18H,6-7H2. The molecule has 0 aliphatic heterocycles. The predicted molar refractivity (Wildman–Crippen MR) is 78.0 cm³/mol. The third kappa shape index (κ3) is 2.43. The molecule has 3 aromatic rings. The summed E-state index contributed by atoms with van der Waals surface area (Å²) in [4.78, 5) is 12.0. The van der Waals surface area contributed by atoms with Gasteiger partial charge in [-0.1, -0.05) is 30.3 Å². The van der Waals surface area contributed by atoms with Gasteiger partial charge in [0.1, 0.15) is 11.3 Å². The van der Waals surface area contributed by atoms with Crippen LogP contribution in [0.15, 0.2) is 64.0 Å². The van der Waals surface area contributed by atoms with Crippen molar-refractivity contribution in [2.75, 3.05) is 0 Å². The number of aryl methyl sites for hydroxylation is 2. The highest BCUT2D eigenvalue weighted by Gasteiger charge is 2.09. The number of phenolic OH excluding ortho intramolecular Hbond substituents is 1. The number of phenols is 1. The molecule has 0 bridgehead atoms. The third-order valence-electron chi connectivity index (χ3n) is 3.36. The molecule has 0 aliphatic rings. The molecule has 0 saturated heterocycles. The summed E-state index contributed by atoms with van der Waals surface area (Å²) < 4.78 is 5.31. The van der Waals surface area contributed by atoms with Gasteiger partial charge in [-0.25, -0.2) is 0 Å². The van der Waals surface area contributed by atoms with Crippen molar-refractivity contribution in [1.82, 2.24) is 0 Å². The fraction of sp³-hybridized carbons (Fsp3) is 0.118. The Morgan fingerprint density at radius 2 is 1.80 bits per heavy atom. The zero-order chi connectivity index (χ0) is 13.9. The molecule has 0 radical (unpaired) electrons. The van der Waals surface area contributed by atoms with Gasteiger partial charge < -0.3 is 9.52 Å². The van der Waals surface area contributed by atoms with Crippen LogP contribution in [-0.4, -0.2) is 5.11 Å². The van der Waals surface area contributed by atoms with Gasteiger partial charge in [0.15, 0.2) is 5.43 Å². The van der Waals surface area contributed by atoms with Crippen LogP contribution in [0.2, 0.25) is 0 Å². The molecule has 0 amide bonds. The van der Waals surface area contributed by atoms with Crippen LogP contribution in [0.4, 0.5) is 0 Å². The third-order valence-corrected chi connectivity index (χ3v) is 3.36. The molecule has 100 valence electrons.